The normalized spacial score (nSPS) is 20.0. The Morgan fingerprint density at radius 3 is 2.27 bits per heavy atom. The SMILES string of the molecule is CC(C)NC(=O)N1C[C@H](C(=O)N[C@@H](C)c2ccccc2)CC[C@H]1c1ccc(F)cc1. The van der Waals surface area contributed by atoms with E-state index in [1.54, 1.807) is 17.0 Å². The van der Waals surface area contributed by atoms with Gasteiger partial charge in [0.1, 0.15) is 5.82 Å². The monoisotopic (exact) mass is 411 g/mol. The highest BCUT2D eigenvalue weighted by Gasteiger charge is 2.36. The predicted octanol–water partition coefficient (Wildman–Crippen LogP) is 4.57. The maximum atomic E-state index is 13.4. The van der Waals surface area contributed by atoms with E-state index in [2.05, 4.69) is 10.6 Å². The van der Waals surface area contributed by atoms with Crippen LogP contribution in [0.5, 0.6) is 0 Å². The van der Waals surface area contributed by atoms with Gasteiger partial charge in [-0.2, -0.15) is 0 Å². The van der Waals surface area contributed by atoms with E-state index in [0.29, 0.717) is 19.4 Å². The van der Waals surface area contributed by atoms with Crippen molar-refractivity contribution in [1.82, 2.24) is 15.5 Å². The molecule has 2 aromatic carbocycles. The van der Waals surface area contributed by atoms with Gasteiger partial charge in [0, 0.05) is 12.6 Å². The van der Waals surface area contributed by atoms with Crippen molar-refractivity contribution in [2.45, 2.75) is 51.7 Å². The summed E-state index contributed by atoms with van der Waals surface area (Å²) in [7, 11) is 0. The first-order chi connectivity index (χ1) is 14.3. The van der Waals surface area contributed by atoms with Crippen LogP contribution in [0.1, 0.15) is 56.8 Å². The number of carbonyl (C=O) groups is 2. The van der Waals surface area contributed by atoms with Crippen LogP contribution in [0.25, 0.3) is 0 Å². The van der Waals surface area contributed by atoms with Crippen molar-refractivity contribution < 1.29 is 14.0 Å². The second kappa shape index (κ2) is 9.74. The molecule has 0 saturated carbocycles. The number of urea groups is 1. The Hall–Kier alpha value is -2.89. The predicted molar refractivity (Wildman–Crippen MR) is 115 cm³/mol. The van der Waals surface area contributed by atoms with Gasteiger partial charge in [-0.3, -0.25) is 4.79 Å². The van der Waals surface area contributed by atoms with Crippen LogP contribution in [0.2, 0.25) is 0 Å². The van der Waals surface area contributed by atoms with Crippen LogP contribution < -0.4 is 10.6 Å². The van der Waals surface area contributed by atoms with Crippen molar-refractivity contribution in [2.24, 2.45) is 5.92 Å². The summed E-state index contributed by atoms with van der Waals surface area (Å²) in [4.78, 5) is 27.5. The first kappa shape index (κ1) is 21.8. The molecule has 0 spiro atoms. The van der Waals surface area contributed by atoms with Gasteiger partial charge in [0.2, 0.25) is 5.91 Å². The quantitative estimate of drug-likeness (QED) is 0.757. The molecule has 1 saturated heterocycles. The molecule has 0 aromatic heterocycles. The molecule has 30 heavy (non-hydrogen) atoms. The molecule has 160 valence electrons. The van der Waals surface area contributed by atoms with E-state index in [-0.39, 0.29) is 41.8 Å². The summed E-state index contributed by atoms with van der Waals surface area (Å²) < 4.78 is 13.4. The Balaban J connectivity index is 1.73. The minimum absolute atomic E-state index is 0.0151. The zero-order valence-electron chi connectivity index (χ0n) is 17.8. The van der Waals surface area contributed by atoms with Gasteiger partial charge in [-0.05, 0) is 56.9 Å². The van der Waals surface area contributed by atoms with Crippen LogP contribution in [0.15, 0.2) is 54.6 Å². The Labute approximate surface area is 177 Å². The molecule has 2 N–H and O–H groups in total. The van der Waals surface area contributed by atoms with Gasteiger partial charge in [-0.25, -0.2) is 9.18 Å². The van der Waals surface area contributed by atoms with Crippen molar-refractivity contribution in [3.05, 3.63) is 71.5 Å². The largest absolute Gasteiger partial charge is 0.349 e. The average Bonchev–Trinajstić information content (AvgIpc) is 2.74. The zero-order chi connectivity index (χ0) is 21.7. The number of carbonyl (C=O) groups excluding carboxylic acids is 2. The maximum absolute atomic E-state index is 13.4. The van der Waals surface area contributed by atoms with Crippen LogP contribution in [0.3, 0.4) is 0 Å². The highest BCUT2D eigenvalue weighted by atomic mass is 19.1. The van der Waals surface area contributed by atoms with Gasteiger partial charge in [-0.15, -0.1) is 0 Å². The van der Waals surface area contributed by atoms with Gasteiger partial charge in [0.05, 0.1) is 18.0 Å². The molecule has 0 radical (unpaired) electrons. The number of nitrogens with zero attached hydrogens (tertiary/aromatic N) is 1. The van der Waals surface area contributed by atoms with Crippen LogP contribution in [-0.2, 0) is 4.79 Å². The maximum Gasteiger partial charge on any atom is 0.318 e. The average molecular weight is 412 g/mol. The molecular formula is C24H30FN3O2. The molecule has 5 nitrogen and oxygen atoms in total. The fourth-order valence-corrected chi connectivity index (χ4v) is 3.93. The fraction of sp³-hybridized carbons (Fsp3) is 0.417. The van der Waals surface area contributed by atoms with E-state index in [0.717, 1.165) is 11.1 Å². The molecule has 0 unspecified atom stereocenters. The van der Waals surface area contributed by atoms with Gasteiger partial charge < -0.3 is 15.5 Å². The zero-order valence-corrected chi connectivity index (χ0v) is 17.8. The molecular weight excluding hydrogens is 381 g/mol. The van der Waals surface area contributed by atoms with Gasteiger partial charge >= 0.3 is 6.03 Å². The summed E-state index contributed by atoms with van der Waals surface area (Å²) in [6, 6.07) is 15.6. The standard InChI is InChI=1S/C24H30FN3O2/c1-16(2)26-24(30)28-15-20(11-14-22(28)19-9-12-21(25)13-10-19)23(29)27-17(3)18-7-5-4-6-8-18/h4-10,12-13,16-17,20,22H,11,14-15H2,1-3H3,(H,26,30)(H,27,29)/t17-,20+,22-/m0/s1. The third kappa shape index (κ3) is 5.38. The molecule has 1 aliphatic rings. The summed E-state index contributed by atoms with van der Waals surface area (Å²) in [6.45, 7) is 6.09. The van der Waals surface area contributed by atoms with E-state index in [1.807, 2.05) is 51.1 Å². The van der Waals surface area contributed by atoms with E-state index < -0.39 is 0 Å². The first-order valence-corrected chi connectivity index (χ1v) is 10.5. The lowest BCUT2D eigenvalue weighted by Crippen LogP contribution is -2.51. The number of rotatable bonds is 5. The minimum atomic E-state index is -0.306. The van der Waals surface area contributed by atoms with Crippen LogP contribution in [-0.4, -0.2) is 29.4 Å². The van der Waals surface area contributed by atoms with Crippen molar-refractivity contribution in [3.63, 3.8) is 0 Å². The smallest absolute Gasteiger partial charge is 0.318 e. The van der Waals surface area contributed by atoms with Crippen LogP contribution in [0.4, 0.5) is 9.18 Å². The number of likely N-dealkylation sites (tertiary alicyclic amines) is 1. The number of benzene rings is 2. The number of piperidine rings is 1. The minimum Gasteiger partial charge on any atom is -0.349 e. The lowest BCUT2D eigenvalue weighted by atomic mass is 9.88. The molecule has 1 aliphatic heterocycles. The van der Waals surface area contributed by atoms with Crippen molar-refractivity contribution in [3.8, 4) is 0 Å². The molecule has 1 heterocycles. The van der Waals surface area contributed by atoms with Crippen LogP contribution >= 0.6 is 0 Å². The molecule has 3 atom stereocenters. The number of hydrogen-bond acceptors (Lipinski definition) is 2. The number of halogens is 1. The number of amides is 3. The summed E-state index contributed by atoms with van der Waals surface area (Å²) in [5.41, 5.74) is 1.92. The van der Waals surface area contributed by atoms with E-state index >= 15 is 0 Å². The molecule has 6 heteroatoms. The third-order valence-electron chi connectivity index (χ3n) is 5.54. The summed E-state index contributed by atoms with van der Waals surface area (Å²) in [5.74, 6) is -0.642. The molecule has 3 amide bonds. The van der Waals surface area contributed by atoms with E-state index in [4.69, 9.17) is 0 Å². The molecule has 3 rings (SSSR count). The highest BCUT2D eigenvalue weighted by molar-refractivity contribution is 5.81. The highest BCUT2D eigenvalue weighted by Crippen LogP contribution is 2.34. The fourth-order valence-electron chi connectivity index (χ4n) is 3.93. The van der Waals surface area contributed by atoms with Crippen LogP contribution in [0, 0.1) is 11.7 Å². The third-order valence-corrected chi connectivity index (χ3v) is 5.54. The van der Waals surface area contributed by atoms with Crippen molar-refractivity contribution in [1.29, 1.82) is 0 Å². The van der Waals surface area contributed by atoms with Gasteiger partial charge in [0.15, 0.2) is 0 Å². The Bertz CT molecular complexity index is 855. The first-order valence-electron chi connectivity index (χ1n) is 10.5. The summed E-state index contributed by atoms with van der Waals surface area (Å²) in [5, 5.41) is 6.01. The Kier molecular flexibility index (Phi) is 7.08. The molecule has 2 aromatic rings. The second-order valence-corrected chi connectivity index (χ2v) is 8.24. The Morgan fingerprint density at radius 1 is 0.967 bits per heavy atom. The topological polar surface area (TPSA) is 61.4 Å². The second-order valence-electron chi connectivity index (χ2n) is 8.24. The molecule has 0 bridgehead atoms. The van der Waals surface area contributed by atoms with Gasteiger partial charge in [-0.1, -0.05) is 42.5 Å². The van der Waals surface area contributed by atoms with E-state index in [9.17, 15) is 14.0 Å². The number of nitrogens with one attached hydrogen (secondary N) is 2. The van der Waals surface area contributed by atoms with Crippen molar-refractivity contribution in [2.75, 3.05) is 6.54 Å². The molecule has 0 aliphatic carbocycles. The van der Waals surface area contributed by atoms with E-state index in [1.165, 1.54) is 12.1 Å². The summed E-state index contributed by atoms with van der Waals surface area (Å²) in [6.07, 6.45) is 1.32. The number of hydrogen-bond donors (Lipinski definition) is 2. The van der Waals surface area contributed by atoms with Gasteiger partial charge in [0.25, 0.3) is 0 Å². The van der Waals surface area contributed by atoms with Crippen molar-refractivity contribution >= 4 is 11.9 Å². The molecule has 1 fully saturated rings. The lowest BCUT2D eigenvalue weighted by Gasteiger charge is -2.40. The summed E-state index contributed by atoms with van der Waals surface area (Å²) >= 11 is 0. The Morgan fingerprint density at radius 2 is 1.63 bits per heavy atom. The lowest BCUT2D eigenvalue weighted by molar-refractivity contribution is -0.127.